The molecule has 1 atom stereocenters. The molecule has 0 spiro atoms. The molecule has 0 amide bonds. The second-order valence-corrected chi connectivity index (χ2v) is 4.96. The number of hydrogen-bond donors (Lipinski definition) is 2. The van der Waals surface area contributed by atoms with Crippen molar-refractivity contribution in [3.63, 3.8) is 0 Å². The van der Waals surface area contributed by atoms with Crippen molar-refractivity contribution in [2.24, 2.45) is 0 Å². The van der Waals surface area contributed by atoms with E-state index in [4.69, 9.17) is 0 Å². The molecule has 0 saturated heterocycles. The van der Waals surface area contributed by atoms with Crippen LogP contribution >= 0.6 is 0 Å². The van der Waals surface area contributed by atoms with Crippen molar-refractivity contribution in [3.8, 4) is 0 Å². The Hall–Kier alpha value is -2.34. The third-order valence-electron chi connectivity index (χ3n) is 3.65. The minimum absolute atomic E-state index is 0.256. The summed E-state index contributed by atoms with van der Waals surface area (Å²) in [6.45, 7) is 0. The SMILES string of the molecule is OC(c1ccc(F)cc1)(c1c[nH]c2ccccc12)C(F)(F)F. The lowest BCUT2D eigenvalue weighted by molar-refractivity contribution is -0.247. The number of para-hydroxylation sites is 1. The molecule has 0 radical (unpaired) electrons. The Balaban J connectivity index is 2.29. The summed E-state index contributed by atoms with van der Waals surface area (Å²) in [4.78, 5) is 2.71. The number of halogens is 4. The quantitative estimate of drug-likeness (QED) is 0.687. The highest BCUT2D eigenvalue weighted by molar-refractivity contribution is 5.84. The third kappa shape index (κ3) is 2.07. The van der Waals surface area contributed by atoms with E-state index in [1.165, 1.54) is 6.07 Å². The summed E-state index contributed by atoms with van der Waals surface area (Å²) >= 11 is 0. The molecule has 2 aromatic carbocycles. The topological polar surface area (TPSA) is 36.0 Å². The van der Waals surface area contributed by atoms with Gasteiger partial charge in [0, 0.05) is 22.7 Å². The maximum absolute atomic E-state index is 13.6. The van der Waals surface area contributed by atoms with Gasteiger partial charge in [0.15, 0.2) is 0 Å². The molecule has 0 aliphatic rings. The molecule has 1 unspecified atom stereocenters. The van der Waals surface area contributed by atoms with E-state index in [0.717, 1.165) is 30.5 Å². The molecule has 0 aliphatic carbocycles. The first-order valence-corrected chi connectivity index (χ1v) is 6.46. The Morgan fingerprint density at radius 1 is 0.909 bits per heavy atom. The average Bonchev–Trinajstić information content (AvgIpc) is 2.90. The summed E-state index contributed by atoms with van der Waals surface area (Å²) in [6, 6.07) is 10.0. The number of nitrogens with one attached hydrogen (secondary N) is 1. The molecule has 6 heteroatoms. The predicted molar refractivity (Wildman–Crippen MR) is 73.8 cm³/mol. The number of benzene rings is 2. The van der Waals surface area contributed by atoms with E-state index >= 15 is 0 Å². The Bertz CT molecular complexity index is 807. The van der Waals surface area contributed by atoms with E-state index in [2.05, 4.69) is 4.98 Å². The first kappa shape index (κ1) is 14.6. The normalized spacial score (nSPS) is 15.0. The van der Waals surface area contributed by atoms with E-state index in [9.17, 15) is 22.7 Å². The third-order valence-corrected chi connectivity index (χ3v) is 3.65. The molecule has 0 bridgehead atoms. The number of rotatable bonds is 2. The van der Waals surface area contributed by atoms with Crippen molar-refractivity contribution in [3.05, 3.63) is 71.7 Å². The fraction of sp³-hybridized carbons (Fsp3) is 0.125. The van der Waals surface area contributed by atoms with Gasteiger partial charge in [0.2, 0.25) is 5.60 Å². The zero-order chi connectivity index (χ0) is 16.0. The van der Waals surface area contributed by atoms with Crippen LogP contribution in [0.4, 0.5) is 17.6 Å². The molecule has 114 valence electrons. The van der Waals surface area contributed by atoms with Crippen molar-refractivity contribution in [1.29, 1.82) is 0 Å². The van der Waals surface area contributed by atoms with Crippen LogP contribution in [0.15, 0.2) is 54.7 Å². The number of aromatic amines is 1. The summed E-state index contributed by atoms with van der Waals surface area (Å²) in [5.74, 6) is -0.674. The maximum atomic E-state index is 13.6. The van der Waals surface area contributed by atoms with Gasteiger partial charge in [-0.15, -0.1) is 0 Å². The van der Waals surface area contributed by atoms with Gasteiger partial charge in [0.05, 0.1) is 0 Å². The van der Waals surface area contributed by atoms with Crippen LogP contribution in [-0.2, 0) is 5.60 Å². The van der Waals surface area contributed by atoms with Gasteiger partial charge in [-0.2, -0.15) is 13.2 Å². The van der Waals surface area contributed by atoms with Crippen molar-refractivity contribution < 1.29 is 22.7 Å². The van der Waals surface area contributed by atoms with Crippen LogP contribution in [0, 0.1) is 5.82 Å². The number of hydrogen-bond acceptors (Lipinski definition) is 1. The Labute approximate surface area is 123 Å². The Kier molecular flexibility index (Phi) is 3.21. The number of fused-ring (bicyclic) bond motifs is 1. The smallest absolute Gasteiger partial charge is 0.372 e. The predicted octanol–water partition coefficient (Wildman–Crippen LogP) is 4.11. The number of aromatic nitrogens is 1. The first-order chi connectivity index (χ1) is 10.3. The van der Waals surface area contributed by atoms with Crippen LogP contribution in [-0.4, -0.2) is 16.3 Å². The number of H-pyrrole nitrogens is 1. The fourth-order valence-electron chi connectivity index (χ4n) is 2.53. The second kappa shape index (κ2) is 4.84. The standard InChI is InChI=1S/C16H11F4NO/c17-11-7-5-10(6-8-11)15(22,16(18,19)20)13-9-21-14-4-2-1-3-12(13)14/h1-9,21-22H. The lowest BCUT2D eigenvalue weighted by atomic mass is 9.85. The number of alkyl halides is 3. The fourth-order valence-corrected chi connectivity index (χ4v) is 2.53. The Morgan fingerprint density at radius 3 is 2.18 bits per heavy atom. The zero-order valence-corrected chi connectivity index (χ0v) is 11.2. The summed E-state index contributed by atoms with van der Waals surface area (Å²) in [6.07, 6.45) is -3.84. The highest BCUT2D eigenvalue weighted by atomic mass is 19.4. The van der Waals surface area contributed by atoms with E-state index in [-0.39, 0.29) is 10.9 Å². The van der Waals surface area contributed by atoms with Crippen LogP contribution in [0.5, 0.6) is 0 Å². The zero-order valence-electron chi connectivity index (χ0n) is 11.2. The molecule has 3 aromatic rings. The van der Waals surface area contributed by atoms with Gasteiger partial charge in [-0.25, -0.2) is 4.39 Å². The van der Waals surface area contributed by atoms with Crippen molar-refractivity contribution in [2.75, 3.05) is 0 Å². The van der Waals surface area contributed by atoms with E-state index in [0.29, 0.717) is 5.52 Å². The lowest BCUT2D eigenvalue weighted by Crippen LogP contribution is -2.43. The van der Waals surface area contributed by atoms with Gasteiger partial charge >= 0.3 is 6.18 Å². The number of aliphatic hydroxyl groups is 1. The van der Waals surface area contributed by atoms with Crippen LogP contribution in [0.3, 0.4) is 0 Å². The minimum atomic E-state index is -4.96. The highest BCUT2D eigenvalue weighted by Gasteiger charge is 2.57. The van der Waals surface area contributed by atoms with Crippen molar-refractivity contribution in [1.82, 2.24) is 4.98 Å². The van der Waals surface area contributed by atoms with Gasteiger partial charge in [-0.05, 0) is 23.8 Å². The molecular formula is C16H11F4NO. The van der Waals surface area contributed by atoms with E-state index in [1.807, 2.05) is 0 Å². The van der Waals surface area contributed by atoms with Gasteiger partial charge in [0.1, 0.15) is 5.82 Å². The Morgan fingerprint density at radius 2 is 1.55 bits per heavy atom. The molecular weight excluding hydrogens is 298 g/mol. The largest absolute Gasteiger partial charge is 0.425 e. The monoisotopic (exact) mass is 309 g/mol. The van der Waals surface area contributed by atoms with Crippen molar-refractivity contribution >= 4 is 10.9 Å². The van der Waals surface area contributed by atoms with Crippen molar-refractivity contribution in [2.45, 2.75) is 11.8 Å². The van der Waals surface area contributed by atoms with Crippen LogP contribution in [0.1, 0.15) is 11.1 Å². The highest BCUT2D eigenvalue weighted by Crippen LogP contribution is 2.46. The molecule has 1 heterocycles. The van der Waals surface area contributed by atoms with Gasteiger partial charge < -0.3 is 10.1 Å². The first-order valence-electron chi connectivity index (χ1n) is 6.46. The maximum Gasteiger partial charge on any atom is 0.425 e. The van der Waals surface area contributed by atoms with Crippen LogP contribution in [0.2, 0.25) is 0 Å². The van der Waals surface area contributed by atoms with Crippen LogP contribution < -0.4 is 0 Å². The lowest BCUT2D eigenvalue weighted by Gasteiger charge is -2.31. The van der Waals surface area contributed by atoms with E-state index in [1.54, 1.807) is 18.2 Å². The van der Waals surface area contributed by atoms with E-state index < -0.39 is 23.2 Å². The summed E-state index contributed by atoms with van der Waals surface area (Å²) in [5.41, 5.74) is -3.50. The summed E-state index contributed by atoms with van der Waals surface area (Å²) in [7, 11) is 0. The summed E-state index contributed by atoms with van der Waals surface area (Å²) < 4.78 is 53.9. The molecule has 0 aliphatic heterocycles. The molecule has 2 N–H and O–H groups in total. The molecule has 0 fully saturated rings. The molecule has 0 saturated carbocycles. The van der Waals surface area contributed by atoms with Crippen LogP contribution in [0.25, 0.3) is 10.9 Å². The summed E-state index contributed by atoms with van der Waals surface area (Å²) in [5, 5.41) is 10.8. The second-order valence-electron chi connectivity index (χ2n) is 4.96. The molecule has 2 nitrogen and oxygen atoms in total. The van der Waals surface area contributed by atoms with Gasteiger partial charge in [-0.1, -0.05) is 30.3 Å². The minimum Gasteiger partial charge on any atom is -0.372 e. The average molecular weight is 309 g/mol. The molecule has 1 aromatic heterocycles. The molecule has 3 rings (SSSR count). The molecule has 22 heavy (non-hydrogen) atoms. The van der Waals surface area contributed by atoms with Gasteiger partial charge in [0.25, 0.3) is 0 Å². The van der Waals surface area contributed by atoms with Gasteiger partial charge in [-0.3, -0.25) is 0 Å².